The Morgan fingerprint density at radius 1 is 1.60 bits per heavy atom. The molecule has 6 nitrogen and oxygen atoms in total. The first-order valence-corrected chi connectivity index (χ1v) is 6.39. The van der Waals surface area contributed by atoms with Gasteiger partial charge in [-0.15, -0.1) is 0 Å². The lowest BCUT2D eigenvalue weighted by atomic mass is 10.4. The zero-order chi connectivity index (χ0) is 11.5. The molecule has 7 heteroatoms. The van der Waals surface area contributed by atoms with Crippen LogP contribution in [0.15, 0.2) is 6.20 Å². The molecule has 1 rings (SSSR count). The normalized spacial score (nSPS) is 11.6. The number of nitrogens with zero attached hydrogens (tertiary/aromatic N) is 2. The molecule has 0 unspecified atom stereocenters. The van der Waals surface area contributed by atoms with Gasteiger partial charge in [-0.05, 0) is 6.42 Å². The number of sulfonamides is 1. The van der Waals surface area contributed by atoms with E-state index in [-0.39, 0.29) is 5.75 Å². The molecule has 1 aromatic heterocycles. The van der Waals surface area contributed by atoms with Crippen LogP contribution in [-0.2, 0) is 17.1 Å². The lowest BCUT2D eigenvalue weighted by Gasteiger charge is -2.08. The van der Waals surface area contributed by atoms with Gasteiger partial charge in [-0.25, -0.2) is 8.42 Å². The van der Waals surface area contributed by atoms with Gasteiger partial charge in [0.05, 0.1) is 17.6 Å². The Hall–Kier alpha value is -1.24. The molecule has 0 aliphatic heterocycles. The van der Waals surface area contributed by atoms with Gasteiger partial charge in [0.25, 0.3) is 0 Å². The monoisotopic (exact) mass is 232 g/mol. The highest BCUT2D eigenvalue weighted by atomic mass is 32.2. The number of rotatable bonds is 5. The average molecular weight is 232 g/mol. The molecule has 0 saturated carbocycles. The van der Waals surface area contributed by atoms with E-state index in [1.807, 2.05) is 6.92 Å². The first kappa shape index (κ1) is 11.8. The topological polar surface area (TPSA) is 90.0 Å². The van der Waals surface area contributed by atoms with E-state index in [1.165, 1.54) is 10.9 Å². The van der Waals surface area contributed by atoms with Crippen molar-refractivity contribution in [2.45, 2.75) is 19.8 Å². The molecular weight excluding hydrogens is 216 g/mol. The minimum Gasteiger partial charge on any atom is -0.394 e. The Bertz CT molecular complexity index is 404. The molecule has 0 aliphatic carbocycles. The number of aromatic nitrogens is 2. The van der Waals surface area contributed by atoms with Gasteiger partial charge in [0.2, 0.25) is 10.0 Å². The first-order valence-electron chi connectivity index (χ1n) is 4.74. The van der Waals surface area contributed by atoms with E-state index in [1.54, 1.807) is 7.05 Å². The Morgan fingerprint density at radius 2 is 2.27 bits per heavy atom. The molecule has 0 spiro atoms. The molecule has 0 saturated heterocycles. The molecule has 86 valence electrons. The number of hydrogen-bond acceptors (Lipinski definition) is 4. The highest BCUT2D eigenvalue weighted by molar-refractivity contribution is 7.92. The summed E-state index contributed by atoms with van der Waals surface area (Å²) in [4.78, 5) is 0. The first-order chi connectivity index (χ1) is 6.96. The van der Waals surface area contributed by atoms with Crippen molar-refractivity contribution >= 4 is 21.5 Å². The maximum absolute atomic E-state index is 11.6. The Labute approximate surface area is 89.5 Å². The molecule has 0 radical (unpaired) electrons. The number of nitrogens with one attached hydrogen (secondary N) is 1. The zero-order valence-corrected chi connectivity index (χ0v) is 9.71. The van der Waals surface area contributed by atoms with Gasteiger partial charge in [0.15, 0.2) is 5.82 Å². The summed E-state index contributed by atoms with van der Waals surface area (Å²) in [7, 11) is -1.67. The zero-order valence-electron chi connectivity index (χ0n) is 8.90. The van der Waals surface area contributed by atoms with Gasteiger partial charge in [-0.1, -0.05) is 13.3 Å². The molecule has 0 fully saturated rings. The van der Waals surface area contributed by atoms with Gasteiger partial charge >= 0.3 is 0 Å². The lowest BCUT2D eigenvalue weighted by Crippen LogP contribution is -2.19. The van der Waals surface area contributed by atoms with Crippen LogP contribution in [0.1, 0.15) is 19.8 Å². The van der Waals surface area contributed by atoms with Crippen LogP contribution in [0, 0.1) is 0 Å². The second-order valence-electron chi connectivity index (χ2n) is 3.35. The number of aryl methyl sites for hydroxylation is 1. The quantitative estimate of drug-likeness (QED) is 0.775. The van der Waals surface area contributed by atoms with Gasteiger partial charge in [-0.2, -0.15) is 5.10 Å². The maximum atomic E-state index is 11.6. The average Bonchev–Trinajstić information content (AvgIpc) is 2.46. The summed E-state index contributed by atoms with van der Waals surface area (Å²) >= 11 is 0. The van der Waals surface area contributed by atoms with Crippen molar-refractivity contribution in [3.8, 4) is 0 Å². The van der Waals surface area contributed by atoms with Crippen LogP contribution in [0.2, 0.25) is 0 Å². The summed E-state index contributed by atoms with van der Waals surface area (Å²) in [5, 5.41) is 3.85. The third-order valence-corrected chi connectivity index (χ3v) is 3.32. The number of nitrogens with two attached hydrogens (primary N) is 1. The van der Waals surface area contributed by atoms with Crippen molar-refractivity contribution in [3.05, 3.63) is 6.20 Å². The molecule has 3 N–H and O–H groups in total. The maximum Gasteiger partial charge on any atom is 0.233 e. The number of nitrogen functional groups attached to an aromatic ring is 1. The van der Waals surface area contributed by atoms with Crippen LogP contribution < -0.4 is 10.5 Å². The summed E-state index contributed by atoms with van der Waals surface area (Å²) in [6, 6.07) is 0. The smallest absolute Gasteiger partial charge is 0.233 e. The van der Waals surface area contributed by atoms with Crippen LogP contribution >= 0.6 is 0 Å². The molecular formula is C8H16N4O2S. The fraction of sp³-hybridized carbons (Fsp3) is 0.625. The lowest BCUT2D eigenvalue weighted by molar-refractivity contribution is 0.597. The highest BCUT2D eigenvalue weighted by Gasteiger charge is 2.14. The fourth-order valence-corrected chi connectivity index (χ4v) is 2.43. The van der Waals surface area contributed by atoms with E-state index in [0.29, 0.717) is 17.9 Å². The van der Waals surface area contributed by atoms with Crippen LogP contribution in [0.3, 0.4) is 0 Å². The van der Waals surface area contributed by atoms with Crippen molar-refractivity contribution in [2.24, 2.45) is 7.05 Å². The van der Waals surface area contributed by atoms with Crippen LogP contribution in [0.4, 0.5) is 11.5 Å². The number of unbranched alkanes of at least 4 members (excludes halogenated alkanes) is 1. The largest absolute Gasteiger partial charge is 0.394 e. The minimum atomic E-state index is -3.30. The highest BCUT2D eigenvalue weighted by Crippen LogP contribution is 2.17. The molecule has 0 aliphatic rings. The van der Waals surface area contributed by atoms with Gasteiger partial charge in [0.1, 0.15) is 0 Å². The summed E-state index contributed by atoms with van der Waals surface area (Å²) in [6.07, 6.45) is 2.88. The molecule has 0 bridgehead atoms. The fourth-order valence-electron chi connectivity index (χ4n) is 1.11. The SMILES string of the molecule is CCCCS(=O)(=O)Nc1c(N)cnn1C. The van der Waals surface area contributed by atoms with E-state index in [0.717, 1.165) is 6.42 Å². The van der Waals surface area contributed by atoms with Crippen molar-refractivity contribution < 1.29 is 8.42 Å². The summed E-state index contributed by atoms with van der Waals surface area (Å²) in [5.41, 5.74) is 5.90. The third kappa shape index (κ3) is 3.12. The Morgan fingerprint density at radius 3 is 2.73 bits per heavy atom. The van der Waals surface area contributed by atoms with E-state index in [2.05, 4.69) is 9.82 Å². The van der Waals surface area contributed by atoms with E-state index in [9.17, 15) is 8.42 Å². The third-order valence-electron chi connectivity index (χ3n) is 1.99. The summed E-state index contributed by atoms with van der Waals surface area (Å²) in [6.45, 7) is 1.94. The Kier molecular flexibility index (Phi) is 3.57. The predicted octanol–water partition coefficient (Wildman–Crippen LogP) is 0.544. The Balaban J connectivity index is 2.77. The van der Waals surface area contributed by atoms with Crippen molar-refractivity contribution in [1.82, 2.24) is 9.78 Å². The second-order valence-corrected chi connectivity index (χ2v) is 5.19. The van der Waals surface area contributed by atoms with Crippen molar-refractivity contribution in [3.63, 3.8) is 0 Å². The number of hydrogen-bond donors (Lipinski definition) is 2. The van der Waals surface area contributed by atoms with Crippen LogP contribution in [0.25, 0.3) is 0 Å². The predicted molar refractivity (Wildman–Crippen MR) is 59.9 cm³/mol. The minimum absolute atomic E-state index is 0.105. The van der Waals surface area contributed by atoms with Gasteiger partial charge < -0.3 is 5.73 Å². The molecule has 15 heavy (non-hydrogen) atoms. The molecule has 1 aromatic rings. The summed E-state index contributed by atoms with van der Waals surface area (Å²) < 4.78 is 26.9. The standard InChI is InChI=1S/C8H16N4O2S/c1-3-4-5-15(13,14)11-8-7(9)6-10-12(8)2/h6,11H,3-5,9H2,1-2H3. The van der Waals surface area contributed by atoms with Crippen molar-refractivity contribution in [2.75, 3.05) is 16.2 Å². The van der Waals surface area contributed by atoms with E-state index < -0.39 is 10.0 Å². The molecule has 1 heterocycles. The second kappa shape index (κ2) is 4.52. The molecule has 0 aromatic carbocycles. The molecule has 0 atom stereocenters. The van der Waals surface area contributed by atoms with E-state index >= 15 is 0 Å². The van der Waals surface area contributed by atoms with Gasteiger partial charge in [0, 0.05) is 7.05 Å². The van der Waals surface area contributed by atoms with E-state index in [4.69, 9.17) is 5.73 Å². The van der Waals surface area contributed by atoms with Crippen molar-refractivity contribution in [1.29, 1.82) is 0 Å². The van der Waals surface area contributed by atoms with Crippen LogP contribution in [-0.4, -0.2) is 24.0 Å². The number of anilines is 2. The van der Waals surface area contributed by atoms with Crippen LogP contribution in [0.5, 0.6) is 0 Å². The van der Waals surface area contributed by atoms with Gasteiger partial charge in [-0.3, -0.25) is 9.40 Å². The molecule has 0 amide bonds. The summed E-state index contributed by atoms with van der Waals surface area (Å²) in [5.74, 6) is 0.430.